The van der Waals surface area contributed by atoms with Gasteiger partial charge in [-0.1, -0.05) is 204 Å². The Labute approximate surface area is 417 Å². The molecule has 14 nitrogen and oxygen atoms in total. The van der Waals surface area contributed by atoms with Gasteiger partial charge in [0.2, 0.25) is 5.91 Å². The van der Waals surface area contributed by atoms with Crippen molar-refractivity contribution in [1.29, 1.82) is 0 Å². The van der Waals surface area contributed by atoms with E-state index in [2.05, 4.69) is 43.5 Å². The Balaban J connectivity index is 1.71. The number of rotatable bonds is 43. The monoisotopic (exact) mass is 984 g/mol. The van der Waals surface area contributed by atoms with Crippen LogP contribution in [0, 0.1) is 0 Å². The molecule has 0 spiro atoms. The number of nitrogens with one attached hydrogen (secondary N) is 1. The summed E-state index contributed by atoms with van der Waals surface area (Å²) in [6.45, 7) is 2.65. The summed E-state index contributed by atoms with van der Waals surface area (Å²) in [5.74, 6) is -0.253. The van der Waals surface area contributed by atoms with Crippen molar-refractivity contribution in [3.8, 4) is 0 Å². The second-order valence-corrected chi connectivity index (χ2v) is 19.7. The van der Waals surface area contributed by atoms with Crippen LogP contribution in [-0.2, 0) is 23.7 Å². The van der Waals surface area contributed by atoms with E-state index in [-0.39, 0.29) is 18.9 Å². The van der Waals surface area contributed by atoms with E-state index in [1.165, 1.54) is 135 Å². The molecule has 0 aliphatic carbocycles. The molecule has 2 heterocycles. The minimum absolute atomic E-state index is 0.253. The third-order valence-corrected chi connectivity index (χ3v) is 13.6. The summed E-state index contributed by atoms with van der Waals surface area (Å²) in [7, 11) is 0. The first-order chi connectivity index (χ1) is 33.6. The fraction of sp³-hybridized carbons (Fsp3) is 0.873. The third-order valence-electron chi connectivity index (χ3n) is 13.6. The van der Waals surface area contributed by atoms with Gasteiger partial charge in [-0.05, 0) is 38.5 Å². The molecule has 9 N–H and O–H groups in total. The van der Waals surface area contributed by atoms with Crippen LogP contribution in [0.25, 0.3) is 0 Å². The number of carbonyl (C=O) groups excluding carboxylic acids is 1. The van der Waals surface area contributed by atoms with Crippen molar-refractivity contribution in [3.63, 3.8) is 0 Å². The Morgan fingerprint density at radius 1 is 0.522 bits per heavy atom. The number of amides is 1. The highest BCUT2D eigenvalue weighted by molar-refractivity contribution is 5.76. The van der Waals surface area contributed by atoms with Crippen molar-refractivity contribution >= 4 is 5.91 Å². The van der Waals surface area contributed by atoms with Gasteiger partial charge in [-0.15, -0.1) is 0 Å². The molecular formula is C55H101NO13. The summed E-state index contributed by atoms with van der Waals surface area (Å²) in [6.07, 6.45) is 32.2. The molecule has 1 amide bonds. The largest absolute Gasteiger partial charge is 0.394 e. The quantitative estimate of drug-likeness (QED) is 0.0207. The maximum absolute atomic E-state index is 13.2. The van der Waals surface area contributed by atoms with Crippen LogP contribution < -0.4 is 5.32 Å². The number of aliphatic hydroxyl groups is 8. The van der Waals surface area contributed by atoms with E-state index in [0.29, 0.717) is 12.8 Å². The SMILES string of the molecule is CC/C=C/CC/C=C/CC/C=C/C(O)C(COC1OC(CO)C(OC2OC(CO)C(O)C(O)C2O)C(O)C1O)NC(=O)CCCCCCCCCCCCCCCCCCCCCCCCCCC. The highest BCUT2D eigenvalue weighted by atomic mass is 16.7. The van der Waals surface area contributed by atoms with Gasteiger partial charge in [0.15, 0.2) is 12.6 Å². The molecule has 0 aromatic heterocycles. The molecule has 2 aliphatic heterocycles. The molecule has 0 aromatic carbocycles. The molecule has 2 aliphatic rings. The number of allylic oxidation sites excluding steroid dienone is 5. The van der Waals surface area contributed by atoms with Crippen LogP contribution in [0.5, 0.6) is 0 Å². The van der Waals surface area contributed by atoms with Crippen LogP contribution in [0.1, 0.15) is 213 Å². The molecule has 12 atom stereocenters. The van der Waals surface area contributed by atoms with E-state index < -0.39 is 86.8 Å². The Hall–Kier alpha value is -1.79. The lowest BCUT2D eigenvalue weighted by molar-refractivity contribution is -0.359. The maximum Gasteiger partial charge on any atom is 0.220 e. The average Bonchev–Trinajstić information content (AvgIpc) is 3.35. The van der Waals surface area contributed by atoms with Crippen molar-refractivity contribution in [1.82, 2.24) is 5.32 Å². The van der Waals surface area contributed by atoms with Crippen LogP contribution in [0.2, 0.25) is 0 Å². The standard InChI is InChI=1S/C55H101NO13/c1-3-5-7-9-11-13-15-16-17-18-19-20-21-22-23-24-25-26-27-28-29-31-33-35-37-39-47(60)56-43(44(59)38-36-34-32-30-14-12-10-8-6-4-2)42-66-54-52(65)50(63)53(46(41-58)68-54)69-55-51(64)49(62)48(61)45(40-57)67-55/h6,8,14,30,36,38,43-46,48-55,57-59,61-65H,3-5,7,9-13,15-29,31-35,37,39-42H2,1-2H3,(H,56,60)/b8-6+,30-14+,38-36+. The molecule has 2 saturated heterocycles. The molecule has 2 rings (SSSR count). The van der Waals surface area contributed by atoms with Crippen molar-refractivity contribution in [2.75, 3.05) is 19.8 Å². The summed E-state index contributed by atoms with van der Waals surface area (Å²) in [5.41, 5.74) is 0. The number of aliphatic hydroxyl groups excluding tert-OH is 8. The van der Waals surface area contributed by atoms with Crippen LogP contribution in [-0.4, -0.2) is 140 Å². The molecule has 0 radical (unpaired) electrons. The van der Waals surface area contributed by atoms with Crippen LogP contribution in [0.15, 0.2) is 36.5 Å². The van der Waals surface area contributed by atoms with E-state index >= 15 is 0 Å². The second kappa shape index (κ2) is 41.7. The van der Waals surface area contributed by atoms with Gasteiger partial charge in [-0.25, -0.2) is 0 Å². The van der Waals surface area contributed by atoms with Gasteiger partial charge < -0.3 is 65.1 Å². The van der Waals surface area contributed by atoms with E-state index in [1.54, 1.807) is 6.08 Å². The minimum atomic E-state index is -1.79. The summed E-state index contributed by atoms with van der Waals surface area (Å²) in [5, 5.41) is 86.7. The lowest BCUT2D eigenvalue weighted by atomic mass is 9.97. The summed E-state index contributed by atoms with van der Waals surface area (Å²) < 4.78 is 22.7. The van der Waals surface area contributed by atoms with Crippen molar-refractivity contribution in [2.24, 2.45) is 0 Å². The molecule has 14 heteroatoms. The Kier molecular flexibility index (Phi) is 38.2. The highest BCUT2D eigenvalue weighted by Crippen LogP contribution is 2.30. The molecule has 69 heavy (non-hydrogen) atoms. The number of unbranched alkanes of at least 4 members (excludes halogenated alkanes) is 26. The number of carbonyl (C=O) groups is 1. The average molecular weight is 984 g/mol. The Morgan fingerprint density at radius 2 is 0.942 bits per heavy atom. The van der Waals surface area contributed by atoms with Gasteiger partial charge >= 0.3 is 0 Å². The van der Waals surface area contributed by atoms with Crippen LogP contribution in [0.3, 0.4) is 0 Å². The Bertz CT molecular complexity index is 1300. The first kappa shape index (κ1) is 63.3. The van der Waals surface area contributed by atoms with E-state index in [0.717, 1.165) is 44.9 Å². The van der Waals surface area contributed by atoms with Crippen molar-refractivity contribution < 1.29 is 64.6 Å². The van der Waals surface area contributed by atoms with Gasteiger partial charge in [0.25, 0.3) is 0 Å². The molecular weight excluding hydrogens is 883 g/mol. The first-order valence-electron chi connectivity index (χ1n) is 27.7. The Morgan fingerprint density at radius 3 is 1.41 bits per heavy atom. The van der Waals surface area contributed by atoms with E-state index in [9.17, 15) is 45.6 Å². The molecule has 2 fully saturated rings. The number of hydrogen-bond donors (Lipinski definition) is 9. The molecule has 404 valence electrons. The fourth-order valence-corrected chi connectivity index (χ4v) is 9.10. The second-order valence-electron chi connectivity index (χ2n) is 19.7. The minimum Gasteiger partial charge on any atom is -0.394 e. The fourth-order valence-electron chi connectivity index (χ4n) is 9.10. The third kappa shape index (κ3) is 28.3. The predicted octanol–water partition coefficient (Wildman–Crippen LogP) is 8.27. The van der Waals surface area contributed by atoms with Crippen LogP contribution in [0.4, 0.5) is 0 Å². The molecule has 0 bridgehead atoms. The predicted molar refractivity (Wildman–Crippen MR) is 272 cm³/mol. The van der Waals surface area contributed by atoms with Crippen molar-refractivity contribution in [2.45, 2.75) is 286 Å². The number of hydrogen-bond acceptors (Lipinski definition) is 13. The molecule has 0 aromatic rings. The molecule has 0 saturated carbocycles. The smallest absolute Gasteiger partial charge is 0.220 e. The zero-order valence-corrected chi connectivity index (χ0v) is 43.1. The highest BCUT2D eigenvalue weighted by Gasteiger charge is 2.51. The number of ether oxygens (including phenoxy) is 4. The van der Waals surface area contributed by atoms with Gasteiger partial charge in [0, 0.05) is 6.42 Å². The lowest BCUT2D eigenvalue weighted by Gasteiger charge is -2.46. The topological polar surface area (TPSA) is 228 Å². The van der Waals surface area contributed by atoms with Crippen molar-refractivity contribution in [3.05, 3.63) is 36.5 Å². The van der Waals surface area contributed by atoms with Gasteiger partial charge in [-0.3, -0.25) is 4.79 Å². The van der Waals surface area contributed by atoms with Crippen LogP contribution >= 0.6 is 0 Å². The molecule has 12 unspecified atom stereocenters. The van der Waals surface area contributed by atoms with Gasteiger partial charge in [0.05, 0.1) is 32.0 Å². The van der Waals surface area contributed by atoms with Gasteiger partial charge in [0.1, 0.15) is 48.8 Å². The zero-order valence-electron chi connectivity index (χ0n) is 43.1. The van der Waals surface area contributed by atoms with E-state index in [4.69, 9.17) is 18.9 Å². The maximum atomic E-state index is 13.2. The summed E-state index contributed by atoms with van der Waals surface area (Å²) in [4.78, 5) is 13.2. The summed E-state index contributed by atoms with van der Waals surface area (Å²) in [6, 6.07) is -0.933. The van der Waals surface area contributed by atoms with E-state index in [1.807, 2.05) is 6.08 Å². The normalized spacial score (nSPS) is 26.4. The first-order valence-corrected chi connectivity index (χ1v) is 27.7. The lowest BCUT2D eigenvalue weighted by Crippen LogP contribution is -2.65. The van der Waals surface area contributed by atoms with Gasteiger partial charge in [-0.2, -0.15) is 0 Å². The summed E-state index contributed by atoms with van der Waals surface area (Å²) >= 11 is 0. The zero-order chi connectivity index (χ0) is 50.3.